The van der Waals surface area contributed by atoms with Crippen LogP contribution in [0.4, 0.5) is 0 Å². The van der Waals surface area contributed by atoms with Crippen molar-refractivity contribution in [2.45, 2.75) is 49.8 Å². The van der Waals surface area contributed by atoms with Gasteiger partial charge in [0.1, 0.15) is 4.90 Å². The van der Waals surface area contributed by atoms with Crippen LogP contribution in [0.2, 0.25) is 0 Å². The third-order valence-corrected chi connectivity index (χ3v) is 7.18. The summed E-state index contributed by atoms with van der Waals surface area (Å²) in [7, 11) is -3.64. The molecule has 0 aromatic heterocycles. The number of amidine groups is 1. The van der Waals surface area contributed by atoms with Crippen LogP contribution < -0.4 is 0 Å². The molecule has 6 nitrogen and oxygen atoms in total. The Morgan fingerprint density at radius 2 is 1.89 bits per heavy atom. The Balaban J connectivity index is 1.42. The maximum absolute atomic E-state index is 12.6. The Kier molecular flexibility index (Phi) is 5.21. The number of likely N-dealkylation sites (tertiary alicyclic amines) is 1. The third kappa shape index (κ3) is 3.88. The fourth-order valence-electron chi connectivity index (χ4n) is 4.35. The molecule has 1 aromatic carbocycles. The first-order valence-electron chi connectivity index (χ1n) is 9.90. The molecule has 4 rings (SSSR count). The van der Waals surface area contributed by atoms with Gasteiger partial charge in [-0.25, -0.2) is 0 Å². The number of nitrogens with zero attached hydrogens (tertiary/aromatic N) is 2. The number of ether oxygens (including phenoxy) is 1. The fraction of sp³-hybridized carbons (Fsp3) is 0.600. The number of rotatable bonds is 3. The number of benzene rings is 1. The van der Waals surface area contributed by atoms with Crippen LogP contribution in [0, 0.1) is 11.8 Å². The smallest absolute Gasteiger partial charge is 0.310 e. The molecule has 0 amide bonds. The molecule has 2 heterocycles. The molecule has 0 spiro atoms. The summed E-state index contributed by atoms with van der Waals surface area (Å²) in [4.78, 5) is 14.7. The second-order valence-corrected chi connectivity index (χ2v) is 9.38. The van der Waals surface area contributed by atoms with Gasteiger partial charge in [0.15, 0.2) is 5.84 Å². The van der Waals surface area contributed by atoms with E-state index in [0.29, 0.717) is 37.0 Å². The summed E-state index contributed by atoms with van der Waals surface area (Å²) in [6.45, 7) is 1.69. The first-order valence-corrected chi connectivity index (χ1v) is 11.3. The van der Waals surface area contributed by atoms with Crippen LogP contribution >= 0.6 is 0 Å². The van der Waals surface area contributed by atoms with Gasteiger partial charge in [0.05, 0.1) is 12.5 Å². The van der Waals surface area contributed by atoms with E-state index in [4.69, 9.17) is 4.74 Å². The lowest BCUT2D eigenvalue weighted by atomic mass is 9.90. The highest BCUT2D eigenvalue weighted by Gasteiger charge is 2.35. The standard InChI is InChI=1S/C20H26N2O4S/c23-20(26-14-15-7-2-1-3-8-15)16-9-6-12-22(13-16)19-17-10-4-5-11-18(17)27(24,25)21-19/h4-5,10-11,15-16H,1-3,6-9,12-14H2/t16-/m1/s1. The summed E-state index contributed by atoms with van der Waals surface area (Å²) in [5, 5.41) is 0. The zero-order chi connectivity index (χ0) is 18.9. The summed E-state index contributed by atoms with van der Waals surface area (Å²) >= 11 is 0. The number of esters is 1. The van der Waals surface area contributed by atoms with Gasteiger partial charge in [0.25, 0.3) is 10.0 Å². The highest BCUT2D eigenvalue weighted by Crippen LogP contribution is 2.30. The molecule has 0 unspecified atom stereocenters. The van der Waals surface area contributed by atoms with E-state index in [2.05, 4.69) is 4.40 Å². The second-order valence-electron chi connectivity index (χ2n) is 7.81. The molecule has 1 aliphatic carbocycles. The quantitative estimate of drug-likeness (QED) is 0.742. The molecule has 2 fully saturated rings. The Labute approximate surface area is 160 Å². The largest absolute Gasteiger partial charge is 0.465 e. The summed E-state index contributed by atoms with van der Waals surface area (Å²) in [5.41, 5.74) is 0.633. The molecule has 0 radical (unpaired) electrons. The van der Waals surface area contributed by atoms with Crippen LogP contribution in [0.25, 0.3) is 0 Å². The number of carbonyl (C=O) groups excluding carboxylic acids is 1. The van der Waals surface area contributed by atoms with Crippen LogP contribution in [0.15, 0.2) is 33.6 Å². The van der Waals surface area contributed by atoms with Crippen molar-refractivity contribution >= 4 is 21.8 Å². The van der Waals surface area contributed by atoms with Gasteiger partial charge in [-0.05, 0) is 43.7 Å². The number of hydrogen-bond donors (Lipinski definition) is 0. The van der Waals surface area contributed by atoms with Crippen molar-refractivity contribution in [1.82, 2.24) is 4.90 Å². The maximum atomic E-state index is 12.6. The minimum atomic E-state index is -3.64. The summed E-state index contributed by atoms with van der Waals surface area (Å²) in [5.74, 6) is 0.592. The lowest BCUT2D eigenvalue weighted by Crippen LogP contribution is -2.43. The van der Waals surface area contributed by atoms with Gasteiger partial charge in [-0.1, -0.05) is 31.4 Å². The molecule has 7 heteroatoms. The topological polar surface area (TPSA) is 76.0 Å². The SMILES string of the molecule is O=C(OCC1CCCCC1)[C@@H]1CCCN(C2=NS(=O)(=O)c3ccccc32)C1. The average molecular weight is 391 g/mol. The van der Waals surface area contributed by atoms with Crippen LogP contribution in [0.5, 0.6) is 0 Å². The third-order valence-electron chi connectivity index (χ3n) is 5.85. The molecule has 1 atom stereocenters. The van der Waals surface area contributed by atoms with Crippen molar-refractivity contribution < 1.29 is 17.9 Å². The fourth-order valence-corrected chi connectivity index (χ4v) is 5.58. The van der Waals surface area contributed by atoms with Crippen LogP contribution in [0.3, 0.4) is 0 Å². The lowest BCUT2D eigenvalue weighted by molar-refractivity contribution is -0.151. The van der Waals surface area contributed by atoms with Crippen molar-refractivity contribution in [2.24, 2.45) is 16.2 Å². The minimum absolute atomic E-state index is 0.153. The van der Waals surface area contributed by atoms with Crippen molar-refractivity contribution in [2.75, 3.05) is 19.7 Å². The lowest BCUT2D eigenvalue weighted by Gasteiger charge is -2.33. The molecular formula is C20H26N2O4S. The Hall–Kier alpha value is -1.89. The number of piperidine rings is 1. The van der Waals surface area contributed by atoms with E-state index >= 15 is 0 Å². The summed E-state index contributed by atoms with van der Waals surface area (Å²) < 4.78 is 34.2. The predicted octanol–water partition coefficient (Wildman–Crippen LogP) is 2.97. The number of hydrogen-bond acceptors (Lipinski definition) is 5. The molecule has 1 saturated carbocycles. The zero-order valence-corrected chi connectivity index (χ0v) is 16.3. The summed E-state index contributed by atoms with van der Waals surface area (Å²) in [6.07, 6.45) is 7.64. The van der Waals surface area contributed by atoms with E-state index in [1.54, 1.807) is 18.2 Å². The molecule has 27 heavy (non-hydrogen) atoms. The van der Waals surface area contributed by atoms with E-state index in [1.165, 1.54) is 19.3 Å². The summed E-state index contributed by atoms with van der Waals surface area (Å²) in [6, 6.07) is 6.89. The van der Waals surface area contributed by atoms with Crippen molar-refractivity contribution in [3.63, 3.8) is 0 Å². The second kappa shape index (κ2) is 7.62. The zero-order valence-electron chi connectivity index (χ0n) is 15.5. The van der Waals surface area contributed by atoms with E-state index in [-0.39, 0.29) is 16.8 Å². The minimum Gasteiger partial charge on any atom is -0.465 e. The first-order chi connectivity index (χ1) is 13.0. The molecule has 146 valence electrons. The van der Waals surface area contributed by atoms with Crippen LogP contribution in [-0.2, 0) is 19.6 Å². The van der Waals surface area contributed by atoms with E-state index < -0.39 is 10.0 Å². The van der Waals surface area contributed by atoms with Crippen molar-refractivity contribution in [1.29, 1.82) is 0 Å². The number of fused-ring (bicyclic) bond motifs is 1. The highest BCUT2D eigenvalue weighted by molar-refractivity contribution is 7.90. The molecule has 3 aliphatic rings. The molecule has 1 aromatic rings. The Morgan fingerprint density at radius 1 is 1.11 bits per heavy atom. The number of carbonyl (C=O) groups is 1. The van der Waals surface area contributed by atoms with Gasteiger partial charge in [0.2, 0.25) is 0 Å². The average Bonchev–Trinajstić information content (AvgIpc) is 2.98. The van der Waals surface area contributed by atoms with Gasteiger partial charge in [-0.2, -0.15) is 8.42 Å². The molecule has 2 aliphatic heterocycles. The normalized spacial score (nSPS) is 25.0. The Bertz CT molecular complexity index is 843. The number of sulfonamides is 1. The van der Waals surface area contributed by atoms with Crippen molar-refractivity contribution in [3.05, 3.63) is 29.8 Å². The highest BCUT2D eigenvalue weighted by atomic mass is 32.2. The van der Waals surface area contributed by atoms with Crippen LogP contribution in [-0.4, -0.2) is 44.8 Å². The molecule has 0 bridgehead atoms. The molecule has 1 saturated heterocycles. The van der Waals surface area contributed by atoms with Crippen molar-refractivity contribution in [3.8, 4) is 0 Å². The maximum Gasteiger partial charge on any atom is 0.310 e. The first kappa shape index (κ1) is 18.5. The van der Waals surface area contributed by atoms with Gasteiger partial charge in [0, 0.05) is 18.7 Å². The molecule has 0 N–H and O–H groups in total. The van der Waals surface area contributed by atoms with Crippen LogP contribution in [0.1, 0.15) is 50.5 Å². The van der Waals surface area contributed by atoms with E-state index in [1.807, 2.05) is 11.0 Å². The van der Waals surface area contributed by atoms with E-state index in [9.17, 15) is 13.2 Å². The monoisotopic (exact) mass is 390 g/mol. The predicted molar refractivity (Wildman–Crippen MR) is 102 cm³/mol. The Morgan fingerprint density at radius 3 is 2.70 bits per heavy atom. The molecular weight excluding hydrogens is 364 g/mol. The van der Waals surface area contributed by atoms with Gasteiger partial charge in [-0.15, -0.1) is 4.40 Å². The van der Waals surface area contributed by atoms with Gasteiger partial charge >= 0.3 is 5.97 Å². The van der Waals surface area contributed by atoms with Gasteiger partial charge in [-0.3, -0.25) is 4.79 Å². The van der Waals surface area contributed by atoms with Gasteiger partial charge < -0.3 is 9.64 Å². The van der Waals surface area contributed by atoms with E-state index in [0.717, 1.165) is 25.7 Å².